The van der Waals surface area contributed by atoms with Crippen LogP contribution in [0.1, 0.15) is 36.9 Å². The molecule has 0 spiro atoms. The molecule has 0 unspecified atom stereocenters. The minimum atomic E-state index is 0.505. The summed E-state index contributed by atoms with van der Waals surface area (Å²) < 4.78 is 0. The molecule has 0 bridgehead atoms. The molecule has 0 radical (unpaired) electrons. The maximum absolute atomic E-state index is 4.76. The largest absolute Gasteiger partial charge is 0.363 e. The number of aryl methyl sites for hydroxylation is 2. The average molecular weight is 392 g/mol. The second kappa shape index (κ2) is 9.92. The third-order valence-corrected chi connectivity index (χ3v) is 6.44. The molecule has 142 valence electrons. The first-order valence-electron chi connectivity index (χ1n) is 9.49. The van der Waals surface area contributed by atoms with Crippen LogP contribution in [-0.4, -0.2) is 43.2 Å². The molecule has 1 aliphatic rings. The van der Waals surface area contributed by atoms with E-state index in [4.69, 9.17) is 4.99 Å². The van der Waals surface area contributed by atoms with Gasteiger partial charge in [0.25, 0.3) is 0 Å². The number of anilines is 1. The summed E-state index contributed by atoms with van der Waals surface area (Å²) in [6.07, 6.45) is 4.36. The Hall–Kier alpha value is -1.60. The van der Waals surface area contributed by atoms with Gasteiger partial charge in [0, 0.05) is 49.7 Å². The molecule has 26 heavy (non-hydrogen) atoms. The Labute approximate surface area is 164 Å². The van der Waals surface area contributed by atoms with E-state index in [9.17, 15) is 0 Å². The zero-order valence-corrected chi connectivity index (χ0v) is 17.3. The van der Waals surface area contributed by atoms with Gasteiger partial charge in [-0.15, -0.1) is 22.7 Å². The van der Waals surface area contributed by atoms with Crippen LogP contribution in [0.15, 0.2) is 27.9 Å². The normalized spacial score (nSPS) is 16.1. The summed E-state index contributed by atoms with van der Waals surface area (Å²) in [5.41, 5.74) is 1.12. The van der Waals surface area contributed by atoms with Gasteiger partial charge in [0.05, 0.1) is 10.0 Å². The number of hydrogen-bond acceptors (Lipinski definition) is 5. The second-order valence-electron chi connectivity index (χ2n) is 6.60. The zero-order valence-electron chi connectivity index (χ0n) is 15.7. The van der Waals surface area contributed by atoms with E-state index in [0.717, 1.165) is 63.5 Å². The standard InChI is InChI=1S/C19H29N5S2/c1-3-20-19(21-10-4-6-17-22-15(2)14-26-17)23-16-8-11-24(12-9-16)18-7-5-13-25-18/h5,7,13-14,16H,3-4,6,8-12H2,1-2H3,(H2,20,21,23). The second-order valence-corrected chi connectivity index (χ2v) is 8.47. The molecule has 0 amide bonds. The summed E-state index contributed by atoms with van der Waals surface area (Å²) >= 11 is 3.58. The first-order valence-corrected chi connectivity index (χ1v) is 11.2. The summed E-state index contributed by atoms with van der Waals surface area (Å²) in [5, 5.41) is 13.9. The molecule has 0 atom stereocenters. The molecule has 7 heteroatoms. The highest BCUT2D eigenvalue weighted by atomic mass is 32.1. The Balaban J connectivity index is 1.42. The number of hydrogen-bond donors (Lipinski definition) is 2. The van der Waals surface area contributed by atoms with Crippen LogP contribution in [0.4, 0.5) is 5.00 Å². The smallest absolute Gasteiger partial charge is 0.191 e. The number of aromatic nitrogens is 1. The van der Waals surface area contributed by atoms with Crippen LogP contribution in [-0.2, 0) is 6.42 Å². The molecule has 2 N–H and O–H groups in total. The highest BCUT2D eigenvalue weighted by Gasteiger charge is 2.20. The van der Waals surface area contributed by atoms with Crippen molar-refractivity contribution in [2.75, 3.05) is 31.1 Å². The van der Waals surface area contributed by atoms with Gasteiger partial charge in [-0.3, -0.25) is 4.99 Å². The van der Waals surface area contributed by atoms with Crippen LogP contribution in [0, 0.1) is 6.92 Å². The van der Waals surface area contributed by atoms with Gasteiger partial charge < -0.3 is 15.5 Å². The first-order chi connectivity index (χ1) is 12.7. The maximum atomic E-state index is 4.76. The van der Waals surface area contributed by atoms with Crippen molar-refractivity contribution in [3.63, 3.8) is 0 Å². The fourth-order valence-electron chi connectivity index (χ4n) is 3.15. The van der Waals surface area contributed by atoms with Crippen LogP contribution in [0.3, 0.4) is 0 Å². The van der Waals surface area contributed by atoms with Gasteiger partial charge in [0.15, 0.2) is 5.96 Å². The van der Waals surface area contributed by atoms with Crippen LogP contribution in [0.25, 0.3) is 0 Å². The molecule has 0 aliphatic carbocycles. The average Bonchev–Trinajstić information content (AvgIpc) is 3.31. The van der Waals surface area contributed by atoms with Gasteiger partial charge in [-0.05, 0) is 50.6 Å². The number of aliphatic imine (C=N–C) groups is 1. The fourth-order valence-corrected chi connectivity index (χ4v) is 4.75. The molecular weight excluding hydrogens is 362 g/mol. The summed E-state index contributed by atoms with van der Waals surface area (Å²) in [7, 11) is 0. The predicted molar refractivity (Wildman–Crippen MR) is 114 cm³/mol. The van der Waals surface area contributed by atoms with E-state index < -0.39 is 0 Å². The van der Waals surface area contributed by atoms with Crippen LogP contribution >= 0.6 is 22.7 Å². The fraction of sp³-hybridized carbons (Fsp3) is 0.579. The third-order valence-electron chi connectivity index (χ3n) is 4.48. The van der Waals surface area contributed by atoms with Gasteiger partial charge in [0.2, 0.25) is 0 Å². The monoisotopic (exact) mass is 391 g/mol. The maximum Gasteiger partial charge on any atom is 0.191 e. The topological polar surface area (TPSA) is 52.6 Å². The third kappa shape index (κ3) is 5.71. The predicted octanol–water partition coefficient (Wildman–Crippen LogP) is 3.67. The number of guanidine groups is 1. The van der Waals surface area contributed by atoms with E-state index in [1.54, 1.807) is 11.3 Å². The molecule has 1 fully saturated rings. The van der Waals surface area contributed by atoms with E-state index in [2.05, 4.69) is 57.3 Å². The molecule has 0 aromatic carbocycles. The quantitative estimate of drug-likeness (QED) is 0.430. The highest BCUT2D eigenvalue weighted by molar-refractivity contribution is 7.14. The summed E-state index contributed by atoms with van der Waals surface area (Å²) in [6.45, 7) is 8.12. The van der Waals surface area contributed by atoms with E-state index in [0.29, 0.717) is 6.04 Å². The molecule has 2 aromatic rings. The molecular formula is C19H29N5S2. The van der Waals surface area contributed by atoms with E-state index >= 15 is 0 Å². The number of rotatable bonds is 7. The van der Waals surface area contributed by atoms with Gasteiger partial charge in [-0.1, -0.05) is 0 Å². The summed E-state index contributed by atoms with van der Waals surface area (Å²) in [6, 6.07) is 4.85. The lowest BCUT2D eigenvalue weighted by Crippen LogP contribution is -2.48. The highest BCUT2D eigenvalue weighted by Crippen LogP contribution is 2.24. The lowest BCUT2D eigenvalue weighted by atomic mass is 10.1. The molecule has 5 nitrogen and oxygen atoms in total. The number of piperidine rings is 1. The molecule has 1 aliphatic heterocycles. The lowest BCUT2D eigenvalue weighted by molar-refractivity contribution is 0.463. The van der Waals surface area contributed by atoms with E-state index in [1.807, 2.05) is 11.3 Å². The number of thiazole rings is 1. The van der Waals surface area contributed by atoms with Crippen molar-refractivity contribution in [1.29, 1.82) is 0 Å². The lowest BCUT2D eigenvalue weighted by Gasteiger charge is -2.33. The minimum Gasteiger partial charge on any atom is -0.363 e. The first kappa shape index (κ1) is 19.2. The zero-order chi connectivity index (χ0) is 18.2. The minimum absolute atomic E-state index is 0.505. The Bertz CT molecular complexity index is 672. The van der Waals surface area contributed by atoms with Crippen molar-refractivity contribution in [2.45, 2.75) is 45.6 Å². The van der Waals surface area contributed by atoms with Crippen molar-refractivity contribution in [3.05, 3.63) is 33.6 Å². The van der Waals surface area contributed by atoms with E-state index in [-0.39, 0.29) is 0 Å². The molecule has 2 aromatic heterocycles. The van der Waals surface area contributed by atoms with Crippen molar-refractivity contribution >= 4 is 33.6 Å². The van der Waals surface area contributed by atoms with Crippen LogP contribution in [0.5, 0.6) is 0 Å². The Morgan fingerprint density at radius 2 is 2.19 bits per heavy atom. The Kier molecular flexibility index (Phi) is 7.32. The molecule has 0 saturated carbocycles. The number of nitrogens with zero attached hydrogens (tertiary/aromatic N) is 3. The van der Waals surface area contributed by atoms with Gasteiger partial charge in [0.1, 0.15) is 0 Å². The van der Waals surface area contributed by atoms with Gasteiger partial charge in [-0.25, -0.2) is 4.98 Å². The number of nitrogens with one attached hydrogen (secondary N) is 2. The van der Waals surface area contributed by atoms with Crippen molar-refractivity contribution < 1.29 is 0 Å². The number of thiophene rings is 1. The molecule has 1 saturated heterocycles. The van der Waals surface area contributed by atoms with Crippen molar-refractivity contribution in [2.24, 2.45) is 4.99 Å². The van der Waals surface area contributed by atoms with Gasteiger partial charge >= 0.3 is 0 Å². The van der Waals surface area contributed by atoms with Crippen LogP contribution < -0.4 is 15.5 Å². The van der Waals surface area contributed by atoms with Crippen molar-refractivity contribution in [1.82, 2.24) is 15.6 Å². The van der Waals surface area contributed by atoms with Gasteiger partial charge in [-0.2, -0.15) is 0 Å². The van der Waals surface area contributed by atoms with E-state index in [1.165, 1.54) is 10.0 Å². The van der Waals surface area contributed by atoms with Crippen molar-refractivity contribution in [3.8, 4) is 0 Å². The Morgan fingerprint density at radius 3 is 2.85 bits per heavy atom. The molecule has 3 rings (SSSR count). The molecule has 3 heterocycles. The summed E-state index contributed by atoms with van der Waals surface area (Å²) in [5.74, 6) is 0.956. The SMILES string of the molecule is CCNC(=NCCCc1nc(C)cs1)NC1CCN(c2cccs2)CC1. The Morgan fingerprint density at radius 1 is 1.35 bits per heavy atom. The van der Waals surface area contributed by atoms with Crippen LogP contribution in [0.2, 0.25) is 0 Å². The summed E-state index contributed by atoms with van der Waals surface area (Å²) in [4.78, 5) is 11.8.